The molecule has 1 aromatic heterocycles. The fraction of sp³-hybridized carbons (Fsp3) is 0.238. The maximum absolute atomic E-state index is 5.67. The van der Waals surface area contributed by atoms with Crippen LogP contribution < -0.4 is 19.6 Å². The van der Waals surface area contributed by atoms with Gasteiger partial charge >= 0.3 is 0 Å². The van der Waals surface area contributed by atoms with E-state index < -0.39 is 6.29 Å². The maximum atomic E-state index is 5.67. The number of hydrogen-bond donors (Lipinski definition) is 0. The molecule has 4 aliphatic rings. The van der Waals surface area contributed by atoms with Gasteiger partial charge in [-0.05, 0) is 103 Å². The van der Waals surface area contributed by atoms with Crippen molar-refractivity contribution in [2.24, 2.45) is 15.4 Å². The van der Waals surface area contributed by atoms with E-state index in [1.165, 1.54) is 47.1 Å². The molecule has 0 radical (unpaired) electrons. The summed E-state index contributed by atoms with van der Waals surface area (Å²) in [5.41, 5.74) is 8.91. The number of allylic oxidation sites excluding steroid dienone is 9. The molecule has 5 heterocycles. The zero-order valence-electron chi connectivity index (χ0n) is 42.0. The Labute approximate surface area is 426 Å². The summed E-state index contributed by atoms with van der Waals surface area (Å²) in [5, 5.41) is 2.62. The molecular formula is C63H67N5S2. The average molecular weight is 958 g/mol. The largest absolute Gasteiger partial charge is 0.345 e. The molecule has 0 fully saturated rings. The van der Waals surface area contributed by atoms with Crippen molar-refractivity contribution in [1.82, 2.24) is 4.90 Å². The summed E-state index contributed by atoms with van der Waals surface area (Å²) in [6.45, 7) is 19.3. The Morgan fingerprint density at radius 2 is 1.57 bits per heavy atom. The third kappa shape index (κ3) is 11.8. The summed E-state index contributed by atoms with van der Waals surface area (Å²) >= 11 is 3.75. The molecule has 2 unspecified atom stereocenters. The molecule has 0 saturated carbocycles. The molecule has 5 aromatic rings. The van der Waals surface area contributed by atoms with E-state index >= 15 is 0 Å². The fourth-order valence-corrected chi connectivity index (χ4v) is 11.6. The number of likely N-dealkylation sites (N-methyl/N-ethyl adjacent to an activating group) is 1. The summed E-state index contributed by atoms with van der Waals surface area (Å²) in [5.74, 6) is 5.03. The van der Waals surface area contributed by atoms with Gasteiger partial charge in [-0.2, -0.15) is 0 Å². The molecule has 0 N–H and O–H groups in total. The number of anilines is 2. The molecular weight excluding hydrogens is 891 g/mol. The standard InChI is InChI=1S/C54H57N5S2.C6H6.C3H4/c1-9-12-28-50-45(10-2)54(5,6)36-39(22-20-33-60-50)52-55-51(30-19-25-43-44-24-15-18-29-49(44)61-48(43)11-3)58(8)53(56-52)59-41-32-31-37(4)57(7)46-26-16-13-21-38(46)34-40(35-41)42-23-14-17-27-47(42)59;1-2-4-6-5-3-1;1-3-2/h9-18,20-27,29,31-32,35-36,40,53H,2,4,19,28,30,33-34H2,1,3,5-8H3;1-6H;1H,2H3/b12-9-,22-20-,32-31-,39-36+,43-25?,48-11+,50-45-;;. The van der Waals surface area contributed by atoms with Crippen LogP contribution in [-0.2, 0) is 6.42 Å². The second kappa shape index (κ2) is 24.1. The first kappa shape index (κ1) is 51.0. The Balaban J connectivity index is 0.000000730. The number of nitrogens with zero attached hydrogens (tertiary/aromatic N) is 5. The van der Waals surface area contributed by atoms with Crippen LogP contribution >= 0.6 is 23.1 Å². The van der Waals surface area contributed by atoms with Gasteiger partial charge in [0.05, 0.1) is 0 Å². The summed E-state index contributed by atoms with van der Waals surface area (Å²) < 4.78 is 2.63. The predicted octanol–water partition coefficient (Wildman–Crippen LogP) is 14.5. The van der Waals surface area contributed by atoms with Gasteiger partial charge in [-0.1, -0.05) is 173 Å². The molecule has 2 bridgehead atoms. The Morgan fingerprint density at radius 3 is 2.29 bits per heavy atom. The third-order valence-electron chi connectivity index (χ3n) is 12.8. The highest BCUT2D eigenvalue weighted by Gasteiger charge is 2.37. The summed E-state index contributed by atoms with van der Waals surface area (Å²) in [4.78, 5) is 19.4. The van der Waals surface area contributed by atoms with E-state index in [1.807, 2.05) is 65.6 Å². The van der Waals surface area contributed by atoms with Gasteiger partial charge in [0.2, 0.25) is 6.29 Å². The number of aliphatic imine (C=N–C) groups is 2. The number of thioether (sulfide) groups is 1. The highest BCUT2D eigenvalue weighted by Crippen LogP contribution is 2.44. The second-order valence-corrected chi connectivity index (χ2v) is 20.2. The summed E-state index contributed by atoms with van der Waals surface area (Å²) in [6, 6.07) is 38.3. The molecule has 9 rings (SSSR count). The van der Waals surface area contributed by atoms with Gasteiger partial charge in [0, 0.05) is 75.2 Å². The minimum Gasteiger partial charge on any atom is -0.345 e. The van der Waals surface area contributed by atoms with Crippen LogP contribution in [0.1, 0.15) is 70.9 Å². The quantitative estimate of drug-likeness (QED) is 0.115. The van der Waals surface area contributed by atoms with Crippen LogP contribution in [0.25, 0.3) is 22.2 Å². The van der Waals surface area contributed by atoms with E-state index in [2.05, 4.69) is 216 Å². The highest BCUT2D eigenvalue weighted by molar-refractivity contribution is 8.03. The molecule has 70 heavy (non-hydrogen) atoms. The number of hydrogen-bond acceptors (Lipinski definition) is 7. The van der Waals surface area contributed by atoms with Crippen LogP contribution in [0.3, 0.4) is 0 Å². The first-order valence-corrected chi connectivity index (χ1v) is 26.0. The maximum Gasteiger partial charge on any atom is 0.206 e. The molecule has 4 aliphatic heterocycles. The van der Waals surface area contributed by atoms with Crippen molar-refractivity contribution >= 4 is 68.4 Å². The van der Waals surface area contributed by atoms with Gasteiger partial charge in [-0.25, -0.2) is 9.98 Å². The number of benzene rings is 4. The van der Waals surface area contributed by atoms with Crippen LogP contribution in [0, 0.1) is 17.8 Å². The number of para-hydroxylation sites is 2. The van der Waals surface area contributed by atoms with E-state index in [0.717, 1.165) is 65.8 Å². The zero-order chi connectivity index (χ0) is 49.6. The molecule has 0 aliphatic carbocycles. The number of thiophene rings is 1. The van der Waals surface area contributed by atoms with E-state index in [1.54, 1.807) is 6.92 Å². The second-order valence-electron chi connectivity index (χ2n) is 18.0. The molecule has 0 spiro atoms. The smallest absolute Gasteiger partial charge is 0.206 e. The number of fused-ring (bicyclic) bond motifs is 5. The SMILES string of the molecule is C#CC.C=C/C1=C(\C/C=C\C)SC/C=C\C(C2=NC(N3C4=CC(Cc5ccccc5N(C)C(=C)/C=C\4)c4ccccc43)N(C)C(CCC=c3/c(=C\C)sc4ccccc34)=N2)=C/C1(C)C.c1ccccc1. The van der Waals surface area contributed by atoms with E-state index in [9.17, 15) is 0 Å². The number of amidine groups is 2. The van der Waals surface area contributed by atoms with Gasteiger partial charge in [-0.15, -0.1) is 35.4 Å². The Morgan fingerprint density at radius 1 is 0.886 bits per heavy atom. The summed E-state index contributed by atoms with van der Waals surface area (Å²) in [6.07, 6.45) is 32.3. The van der Waals surface area contributed by atoms with Gasteiger partial charge in [0.25, 0.3) is 0 Å². The molecule has 0 saturated heterocycles. The van der Waals surface area contributed by atoms with Crippen molar-refractivity contribution in [3.8, 4) is 12.3 Å². The van der Waals surface area contributed by atoms with Crippen LogP contribution in [0.5, 0.6) is 0 Å². The fourth-order valence-electron chi connectivity index (χ4n) is 9.38. The van der Waals surface area contributed by atoms with Crippen molar-refractivity contribution in [1.29, 1.82) is 0 Å². The lowest BCUT2D eigenvalue weighted by Crippen LogP contribution is -2.51. The number of rotatable bonds is 8. The van der Waals surface area contributed by atoms with E-state index in [-0.39, 0.29) is 11.3 Å². The van der Waals surface area contributed by atoms with Crippen LogP contribution in [0.4, 0.5) is 11.4 Å². The van der Waals surface area contributed by atoms with Crippen molar-refractivity contribution in [3.05, 3.63) is 225 Å². The zero-order valence-corrected chi connectivity index (χ0v) is 43.6. The van der Waals surface area contributed by atoms with Crippen LogP contribution in [0.15, 0.2) is 214 Å². The van der Waals surface area contributed by atoms with Crippen molar-refractivity contribution in [2.75, 3.05) is 29.6 Å². The first-order valence-electron chi connectivity index (χ1n) is 24.2. The monoisotopic (exact) mass is 957 g/mol. The lowest BCUT2D eigenvalue weighted by atomic mass is 9.81. The number of terminal acetylenes is 1. The molecule has 0 amide bonds. The van der Waals surface area contributed by atoms with Crippen molar-refractivity contribution < 1.29 is 0 Å². The Bertz CT molecular complexity index is 3080. The molecule has 5 nitrogen and oxygen atoms in total. The Hall–Kier alpha value is -6.85. The minimum atomic E-state index is -0.401. The lowest BCUT2D eigenvalue weighted by molar-refractivity contribution is 0.361. The first-order chi connectivity index (χ1) is 34.0. The molecule has 7 heteroatoms. The van der Waals surface area contributed by atoms with Crippen molar-refractivity contribution in [3.63, 3.8) is 0 Å². The molecule has 356 valence electrons. The average Bonchev–Trinajstić information content (AvgIpc) is 3.76. The van der Waals surface area contributed by atoms with Gasteiger partial charge < -0.3 is 14.7 Å². The van der Waals surface area contributed by atoms with Crippen molar-refractivity contribution in [2.45, 2.75) is 72.5 Å². The predicted molar refractivity (Wildman–Crippen MR) is 309 cm³/mol. The molecule has 2 atom stereocenters. The van der Waals surface area contributed by atoms with E-state index in [0.29, 0.717) is 0 Å². The van der Waals surface area contributed by atoms with Gasteiger partial charge in [0.15, 0.2) is 5.84 Å². The summed E-state index contributed by atoms with van der Waals surface area (Å²) in [7, 11) is 4.28. The minimum absolute atomic E-state index is 0.178. The van der Waals surface area contributed by atoms with Crippen LogP contribution in [0.2, 0.25) is 0 Å². The molecule has 4 aromatic carbocycles. The van der Waals surface area contributed by atoms with Gasteiger partial charge in [-0.3, -0.25) is 0 Å². The normalized spacial score (nSPS) is 21.9. The van der Waals surface area contributed by atoms with E-state index in [4.69, 9.17) is 9.98 Å². The Kier molecular flexibility index (Phi) is 17.6. The topological polar surface area (TPSA) is 34.4 Å². The van der Waals surface area contributed by atoms with Gasteiger partial charge in [0.1, 0.15) is 5.84 Å². The lowest BCUT2D eigenvalue weighted by Gasteiger charge is -2.44. The third-order valence-corrected chi connectivity index (χ3v) is 15.2. The highest BCUT2D eigenvalue weighted by atomic mass is 32.2. The van der Waals surface area contributed by atoms with Crippen LogP contribution in [-0.4, -0.2) is 42.7 Å².